The molecule has 0 aliphatic carbocycles. The highest BCUT2D eigenvalue weighted by molar-refractivity contribution is 7.91. The minimum Gasteiger partial charge on any atom is -0.251 e. The van der Waals surface area contributed by atoms with Gasteiger partial charge in [-0.25, -0.2) is 8.42 Å². The molecule has 0 amide bonds. The van der Waals surface area contributed by atoms with E-state index >= 15 is 0 Å². The van der Waals surface area contributed by atoms with Crippen molar-refractivity contribution in [2.24, 2.45) is 0 Å². The molecule has 0 N–H and O–H groups in total. The van der Waals surface area contributed by atoms with E-state index in [2.05, 4.69) is 0 Å². The molecule has 80 valence electrons. The summed E-state index contributed by atoms with van der Waals surface area (Å²) in [6.45, 7) is -0.656. The summed E-state index contributed by atoms with van der Waals surface area (Å²) in [5.74, 6) is -0.224. The number of benzene rings is 1. The molecule has 15 heavy (non-hydrogen) atoms. The number of rotatable bonds is 4. The van der Waals surface area contributed by atoms with Gasteiger partial charge in [-0.05, 0) is 24.6 Å². The fourth-order valence-electron chi connectivity index (χ4n) is 1.12. The second-order valence-corrected chi connectivity index (χ2v) is 5.11. The van der Waals surface area contributed by atoms with E-state index in [1.54, 1.807) is 0 Å². The molecule has 3 nitrogen and oxygen atoms in total. The zero-order chi connectivity index (χ0) is 11.3. The Hall–Kier alpha value is -1.41. The maximum absolute atomic E-state index is 11.9. The van der Waals surface area contributed by atoms with E-state index in [1.165, 1.54) is 24.3 Å². The van der Waals surface area contributed by atoms with E-state index < -0.39 is 16.5 Å². The number of halogens is 1. The number of hydrogen-bond acceptors (Lipinski definition) is 3. The van der Waals surface area contributed by atoms with Crippen LogP contribution in [-0.4, -0.2) is 20.8 Å². The number of hydrogen-bond donors (Lipinski definition) is 0. The molecule has 0 unspecified atom stereocenters. The highest BCUT2D eigenvalue weighted by Crippen LogP contribution is 2.13. The van der Waals surface area contributed by atoms with Crippen molar-refractivity contribution in [2.75, 3.05) is 12.4 Å². The number of sulfone groups is 1. The van der Waals surface area contributed by atoms with Crippen molar-refractivity contribution in [3.8, 4) is 6.07 Å². The Bertz CT molecular complexity index is 476. The summed E-state index contributed by atoms with van der Waals surface area (Å²) in [5, 5.41) is 8.60. The van der Waals surface area contributed by atoms with E-state index in [4.69, 9.17) is 5.26 Å². The molecule has 0 saturated carbocycles. The van der Waals surface area contributed by atoms with Crippen LogP contribution in [0.2, 0.25) is 0 Å². The first-order valence-corrected chi connectivity index (χ1v) is 6.04. The van der Waals surface area contributed by atoms with Gasteiger partial charge in [0.15, 0.2) is 9.84 Å². The second-order valence-electron chi connectivity index (χ2n) is 3.00. The summed E-state index contributed by atoms with van der Waals surface area (Å²) in [7, 11) is -3.45. The van der Waals surface area contributed by atoms with Gasteiger partial charge in [0.25, 0.3) is 0 Å². The quantitative estimate of drug-likeness (QED) is 0.786. The molecule has 0 aromatic heterocycles. The molecular formula is C10H10FNO2S. The van der Waals surface area contributed by atoms with E-state index in [9.17, 15) is 12.8 Å². The van der Waals surface area contributed by atoms with E-state index in [0.717, 1.165) is 0 Å². The molecule has 0 atom stereocenters. The van der Waals surface area contributed by atoms with Crippen molar-refractivity contribution in [2.45, 2.75) is 11.3 Å². The number of nitriles is 1. The molecule has 0 aliphatic heterocycles. The molecular weight excluding hydrogens is 217 g/mol. The van der Waals surface area contributed by atoms with Gasteiger partial charge >= 0.3 is 0 Å². The topological polar surface area (TPSA) is 57.9 Å². The lowest BCUT2D eigenvalue weighted by Crippen LogP contribution is -2.07. The van der Waals surface area contributed by atoms with Gasteiger partial charge in [-0.3, -0.25) is 4.39 Å². The Labute approximate surface area is 88.1 Å². The first-order valence-electron chi connectivity index (χ1n) is 4.39. The van der Waals surface area contributed by atoms with Gasteiger partial charge in [-0.15, -0.1) is 0 Å². The van der Waals surface area contributed by atoms with Crippen LogP contribution in [0.1, 0.15) is 12.0 Å². The lowest BCUT2D eigenvalue weighted by Gasteiger charge is -2.02. The first-order chi connectivity index (χ1) is 7.10. The third-order valence-electron chi connectivity index (χ3n) is 1.87. The molecule has 5 heteroatoms. The summed E-state index contributed by atoms with van der Waals surface area (Å²) >= 11 is 0. The molecule has 1 rings (SSSR count). The Morgan fingerprint density at radius 3 is 2.73 bits per heavy atom. The van der Waals surface area contributed by atoms with Gasteiger partial charge in [0.1, 0.15) is 0 Å². The monoisotopic (exact) mass is 227 g/mol. The van der Waals surface area contributed by atoms with Crippen molar-refractivity contribution >= 4 is 9.84 Å². The predicted molar refractivity (Wildman–Crippen MR) is 53.8 cm³/mol. The zero-order valence-corrected chi connectivity index (χ0v) is 8.80. The maximum atomic E-state index is 11.9. The fraction of sp³-hybridized carbons (Fsp3) is 0.300. The molecule has 0 heterocycles. The van der Waals surface area contributed by atoms with Crippen molar-refractivity contribution in [1.29, 1.82) is 5.26 Å². The van der Waals surface area contributed by atoms with Crippen LogP contribution in [0.25, 0.3) is 0 Å². The van der Waals surface area contributed by atoms with Gasteiger partial charge in [0.2, 0.25) is 0 Å². The number of nitrogens with zero attached hydrogens (tertiary/aromatic N) is 1. The molecule has 1 aromatic rings. The van der Waals surface area contributed by atoms with Crippen molar-refractivity contribution in [3.63, 3.8) is 0 Å². The Morgan fingerprint density at radius 1 is 1.40 bits per heavy atom. The summed E-state index contributed by atoms with van der Waals surface area (Å²) in [6.07, 6.45) is -0.0148. The van der Waals surface area contributed by atoms with Gasteiger partial charge in [0, 0.05) is 0 Å². The Kier molecular flexibility index (Phi) is 3.81. The van der Waals surface area contributed by atoms with Crippen LogP contribution in [0.5, 0.6) is 0 Å². The molecule has 0 fully saturated rings. The standard InChI is InChI=1S/C10H10FNO2S/c11-5-2-6-15(13,14)10-4-1-3-9(7-10)8-12/h1,3-4,7H,2,5-6H2. The summed E-state index contributed by atoms with van der Waals surface area (Å²) in [5.41, 5.74) is 0.288. The molecule has 0 bridgehead atoms. The van der Waals surface area contributed by atoms with Gasteiger partial charge in [0.05, 0.1) is 29.0 Å². The van der Waals surface area contributed by atoms with Crippen LogP contribution in [0.4, 0.5) is 4.39 Å². The van der Waals surface area contributed by atoms with E-state index in [0.29, 0.717) is 0 Å². The lowest BCUT2D eigenvalue weighted by atomic mass is 10.2. The normalized spacial score (nSPS) is 10.9. The van der Waals surface area contributed by atoms with Gasteiger partial charge in [-0.2, -0.15) is 5.26 Å². The highest BCUT2D eigenvalue weighted by atomic mass is 32.2. The van der Waals surface area contributed by atoms with Gasteiger partial charge in [-0.1, -0.05) is 6.07 Å². The largest absolute Gasteiger partial charge is 0.251 e. The van der Waals surface area contributed by atoms with Crippen LogP contribution >= 0.6 is 0 Å². The average molecular weight is 227 g/mol. The second kappa shape index (κ2) is 4.89. The fourth-order valence-corrected chi connectivity index (χ4v) is 2.44. The first kappa shape index (κ1) is 11.7. The van der Waals surface area contributed by atoms with E-state index in [-0.39, 0.29) is 22.6 Å². The molecule has 0 spiro atoms. The van der Waals surface area contributed by atoms with Crippen molar-refractivity contribution < 1.29 is 12.8 Å². The average Bonchev–Trinajstić information content (AvgIpc) is 2.26. The van der Waals surface area contributed by atoms with Gasteiger partial charge < -0.3 is 0 Å². The third kappa shape index (κ3) is 3.03. The maximum Gasteiger partial charge on any atom is 0.178 e. The van der Waals surface area contributed by atoms with Crippen LogP contribution in [0.15, 0.2) is 29.2 Å². The lowest BCUT2D eigenvalue weighted by molar-refractivity contribution is 0.484. The highest BCUT2D eigenvalue weighted by Gasteiger charge is 2.13. The van der Waals surface area contributed by atoms with Crippen LogP contribution in [0.3, 0.4) is 0 Å². The molecule has 1 aromatic carbocycles. The Morgan fingerprint density at radius 2 is 2.13 bits per heavy atom. The molecule has 0 saturated heterocycles. The van der Waals surface area contributed by atoms with Crippen LogP contribution in [-0.2, 0) is 9.84 Å². The third-order valence-corrected chi connectivity index (χ3v) is 3.67. The Balaban J connectivity index is 3.01. The predicted octanol–water partition coefficient (Wildman–Crippen LogP) is 1.69. The van der Waals surface area contributed by atoms with Crippen LogP contribution in [0, 0.1) is 11.3 Å². The zero-order valence-electron chi connectivity index (χ0n) is 7.98. The smallest absolute Gasteiger partial charge is 0.178 e. The number of alkyl halides is 1. The van der Waals surface area contributed by atoms with Crippen LogP contribution < -0.4 is 0 Å². The van der Waals surface area contributed by atoms with Crippen molar-refractivity contribution in [3.05, 3.63) is 29.8 Å². The minimum absolute atomic E-state index is 0.0148. The van der Waals surface area contributed by atoms with Crippen molar-refractivity contribution in [1.82, 2.24) is 0 Å². The molecule has 0 aliphatic rings. The summed E-state index contributed by atoms with van der Waals surface area (Å²) in [6, 6.07) is 7.59. The summed E-state index contributed by atoms with van der Waals surface area (Å²) < 4.78 is 35.0. The molecule has 0 radical (unpaired) electrons. The summed E-state index contributed by atoms with van der Waals surface area (Å²) in [4.78, 5) is 0.0787. The minimum atomic E-state index is -3.45. The van der Waals surface area contributed by atoms with E-state index in [1.807, 2.05) is 6.07 Å². The SMILES string of the molecule is N#Cc1cccc(S(=O)(=O)CCCF)c1.